The van der Waals surface area contributed by atoms with E-state index in [0.717, 1.165) is 35.5 Å². The highest BCUT2D eigenvalue weighted by Crippen LogP contribution is 2.30. The SMILES string of the molecule is Cc1ccc(OC(=O)N2CCC(c3ccc(-c4ccc(F)cc4)[nH]3)CC2)cn1. The van der Waals surface area contributed by atoms with E-state index in [1.165, 1.54) is 12.1 Å². The molecule has 3 heterocycles. The minimum absolute atomic E-state index is 0.240. The van der Waals surface area contributed by atoms with Crippen molar-refractivity contribution in [1.29, 1.82) is 0 Å². The van der Waals surface area contributed by atoms with Crippen molar-refractivity contribution in [2.24, 2.45) is 0 Å². The van der Waals surface area contributed by atoms with Gasteiger partial charge < -0.3 is 14.6 Å². The summed E-state index contributed by atoms with van der Waals surface area (Å²) in [6, 6.07) is 14.1. The van der Waals surface area contributed by atoms with Crippen LogP contribution in [0.3, 0.4) is 0 Å². The van der Waals surface area contributed by atoms with Crippen molar-refractivity contribution in [1.82, 2.24) is 14.9 Å². The standard InChI is InChI=1S/C22H22FN3O2/c1-15-2-7-19(14-24-15)28-22(27)26-12-10-17(11-13-26)21-9-8-20(25-21)16-3-5-18(23)6-4-16/h2-9,14,17,25H,10-13H2,1H3. The number of nitrogens with one attached hydrogen (secondary N) is 1. The molecule has 1 saturated heterocycles. The number of hydrogen-bond acceptors (Lipinski definition) is 3. The summed E-state index contributed by atoms with van der Waals surface area (Å²) in [5.41, 5.74) is 3.96. The highest BCUT2D eigenvalue weighted by Gasteiger charge is 2.26. The smallest absolute Gasteiger partial charge is 0.409 e. The van der Waals surface area contributed by atoms with Gasteiger partial charge in [0.05, 0.1) is 6.20 Å². The minimum Gasteiger partial charge on any atom is -0.409 e. The summed E-state index contributed by atoms with van der Waals surface area (Å²) in [5, 5.41) is 0. The molecule has 2 aromatic heterocycles. The summed E-state index contributed by atoms with van der Waals surface area (Å²) in [6.07, 6.45) is 2.97. The Hall–Kier alpha value is -3.15. The molecule has 0 atom stereocenters. The van der Waals surface area contributed by atoms with Crippen LogP contribution in [0.25, 0.3) is 11.3 Å². The first-order chi connectivity index (χ1) is 13.6. The molecule has 1 fully saturated rings. The number of hydrogen-bond donors (Lipinski definition) is 1. The highest BCUT2D eigenvalue weighted by molar-refractivity contribution is 5.70. The van der Waals surface area contributed by atoms with Crippen LogP contribution >= 0.6 is 0 Å². The fourth-order valence-corrected chi connectivity index (χ4v) is 3.50. The largest absolute Gasteiger partial charge is 0.415 e. The van der Waals surface area contributed by atoms with Crippen molar-refractivity contribution < 1.29 is 13.9 Å². The average Bonchev–Trinajstić information content (AvgIpc) is 3.20. The van der Waals surface area contributed by atoms with E-state index in [-0.39, 0.29) is 11.9 Å². The lowest BCUT2D eigenvalue weighted by molar-refractivity contribution is 0.138. The van der Waals surface area contributed by atoms with E-state index < -0.39 is 0 Å². The summed E-state index contributed by atoms with van der Waals surface area (Å²) in [5.74, 6) is 0.585. The number of amides is 1. The second-order valence-electron chi connectivity index (χ2n) is 7.10. The number of nitrogens with zero attached hydrogens (tertiary/aromatic N) is 2. The number of ether oxygens (including phenoxy) is 1. The first-order valence-electron chi connectivity index (χ1n) is 9.43. The molecule has 1 aromatic carbocycles. The molecular formula is C22H22FN3O2. The molecule has 144 valence electrons. The van der Waals surface area contributed by atoms with Gasteiger partial charge in [0, 0.05) is 36.1 Å². The normalized spacial score (nSPS) is 14.9. The number of benzene rings is 1. The number of likely N-dealkylation sites (tertiary alicyclic amines) is 1. The second kappa shape index (κ2) is 7.84. The number of carbonyl (C=O) groups is 1. The molecule has 0 spiro atoms. The van der Waals surface area contributed by atoms with Crippen LogP contribution in [0.15, 0.2) is 54.7 Å². The number of rotatable bonds is 3. The predicted molar refractivity (Wildman–Crippen MR) is 105 cm³/mol. The maximum Gasteiger partial charge on any atom is 0.415 e. The molecule has 3 aromatic rings. The molecule has 0 radical (unpaired) electrons. The zero-order chi connectivity index (χ0) is 19.5. The summed E-state index contributed by atoms with van der Waals surface area (Å²) in [6.45, 7) is 3.18. The number of H-pyrrole nitrogens is 1. The van der Waals surface area contributed by atoms with Gasteiger partial charge in [-0.15, -0.1) is 0 Å². The molecule has 1 N–H and O–H groups in total. The van der Waals surface area contributed by atoms with E-state index in [1.807, 2.05) is 19.1 Å². The predicted octanol–water partition coefficient (Wildman–Crippen LogP) is 4.90. The molecule has 1 aliphatic heterocycles. The van der Waals surface area contributed by atoms with Crippen LogP contribution in [0.5, 0.6) is 5.75 Å². The lowest BCUT2D eigenvalue weighted by Gasteiger charge is -2.30. The zero-order valence-electron chi connectivity index (χ0n) is 15.7. The fourth-order valence-electron chi connectivity index (χ4n) is 3.50. The number of aryl methyl sites for hydroxylation is 1. The molecular weight excluding hydrogens is 357 g/mol. The highest BCUT2D eigenvalue weighted by atomic mass is 19.1. The van der Waals surface area contributed by atoms with Crippen LogP contribution in [-0.4, -0.2) is 34.1 Å². The first kappa shape index (κ1) is 18.2. The van der Waals surface area contributed by atoms with E-state index in [0.29, 0.717) is 24.8 Å². The van der Waals surface area contributed by atoms with Crippen molar-refractivity contribution in [3.8, 4) is 17.0 Å². The third kappa shape index (κ3) is 4.06. The monoisotopic (exact) mass is 379 g/mol. The van der Waals surface area contributed by atoms with E-state index in [2.05, 4.69) is 16.0 Å². The molecule has 28 heavy (non-hydrogen) atoms. The van der Waals surface area contributed by atoms with E-state index in [9.17, 15) is 9.18 Å². The number of carbonyl (C=O) groups excluding carboxylic acids is 1. The van der Waals surface area contributed by atoms with Crippen LogP contribution in [0.1, 0.15) is 30.1 Å². The molecule has 0 aliphatic carbocycles. The topological polar surface area (TPSA) is 58.2 Å². The van der Waals surface area contributed by atoms with Crippen molar-refractivity contribution >= 4 is 6.09 Å². The Morgan fingerprint density at radius 1 is 1.11 bits per heavy atom. The van der Waals surface area contributed by atoms with E-state index in [1.54, 1.807) is 29.3 Å². The van der Waals surface area contributed by atoms with Crippen LogP contribution < -0.4 is 4.74 Å². The zero-order valence-corrected chi connectivity index (χ0v) is 15.7. The number of aromatic amines is 1. The Kier molecular flexibility index (Phi) is 5.10. The average molecular weight is 379 g/mol. The summed E-state index contributed by atoms with van der Waals surface area (Å²) in [4.78, 5) is 21.7. The summed E-state index contributed by atoms with van der Waals surface area (Å²) < 4.78 is 18.5. The van der Waals surface area contributed by atoms with Gasteiger partial charge in [-0.2, -0.15) is 0 Å². The van der Waals surface area contributed by atoms with Gasteiger partial charge in [-0.25, -0.2) is 9.18 Å². The van der Waals surface area contributed by atoms with Gasteiger partial charge in [0.25, 0.3) is 0 Å². The number of halogens is 1. The number of aromatic nitrogens is 2. The third-order valence-corrected chi connectivity index (χ3v) is 5.15. The van der Waals surface area contributed by atoms with Crippen molar-refractivity contribution in [3.63, 3.8) is 0 Å². The van der Waals surface area contributed by atoms with Crippen LogP contribution in [0, 0.1) is 12.7 Å². The summed E-state index contributed by atoms with van der Waals surface area (Å²) >= 11 is 0. The van der Waals surface area contributed by atoms with Gasteiger partial charge >= 0.3 is 6.09 Å². The van der Waals surface area contributed by atoms with Crippen LogP contribution in [0.4, 0.5) is 9.18 Å². The maximum absolute atomic E-state index is 13.1. The van der Waals surface area contributed by atoms with Gasteiger partial charge in [-0.1, -0.05) is 0 Å². The molecule has 6 heteroatoms. The molecule has 5 nitrogen and oxygen atoms in total. The number of piperidine rings is 1. The Bertz CT molecular complexity index is 943. The fraction of sp³-hybridized carbons (Fsp3) is 0.273. The second-order valence-corrected chi connectivity index (χ2v) is 7.10. The van der Waals surface area contributed by atoms with Gasteiger partial charge in [-0.05, 0) is 73.9 Å². The molecule has 4 rings (SSSR count). The van der Waals surface area contributed by atoms with Gasteiger partial charge in [0.1, 0.15) is 5.82 Å². The van der Waals surface area contributed by atoms with E-state index >= 15 is 0 Å². The van der Waals surface area contributed by atoms with Crippen molar-refractivity contribution in [2.45, 2.75) is 25.7 Å². The van der Waals surface area contributed by atoms with Gasteiger partial charge in [0.15, 0.2) is 5.75 Å². The molecule has 0 saturated carbocycles. The first-order valence-corrected chi connectivity index (χ1v) is 9.43. The van der Waals surface area contributed by atoms with Crippen molar-refractivity contribution in [3.05, 3.63) is 71.9 Å². The maximum atomic E-state index is 13.1. The third-order valence-electron chi connectivity index (χ3n) is 5.15. The molecule has 1 amide bonds. The van der Waals surface area contributed by atoms with Gasteiger partial charge in [0.2, 0.25) is 0 Å². The number of pyridine rings is 1. The Labute approximate surface area is 163 Å². The lowest BCUT2D eigenvalue weighted by Crippen LogP contribution is -2.39. The molecule has 1 aliphatic rings. The quantitative estimate of drug-likeness (QED) is 0.704. The van der Waals surface area contributed by atoms with Crippen LogP contribution in [-0.2, 0) is 0 Å². The lowest BCUT2D eigenvalue weighted by atomic mass is 9.94. The van der Waals surface area contributed by atoms with Gasteiger partial charge in [-0.3, -0.25) is 4.98 Å². The minimum atomic E-state index is -0.331. The summed E-state index contributed by atoms with van der Waals surface area (Å²) in [7, 11) is 0. The molecule has 0 unspecified atom stereocenters. The Morgan fingerprint density at radius 3 is 2.54 bits per heavy atom. The Balaban J connectivity index is 1.34. The van der Waals surface area contributed by atoms with E-state index in [4.69, 9.17) is 4.74 Å². The molecule has 0 bridgehead atoms. The van der Waals surface area contributed by atoms with Crippen LogP contribution in [0.2, 0.25) is 0 Å². The Morgan fingerprint density at radius 2 is 1.86 bits per heavy atom. The van der Waals surface area contributed by atoms with Crippen molar-refractivity contribution in [2.75, 3.05) is 13.1 Å².